The second kappa shape index (κ2) is 5.76. The van der Waals surface area contributed by atoms with Crippen LogP contribution in [0, 0.1) is 0 Å². The van der Waals surface area contributed by atoms with Crippen molar-refractivity contribution < 1.29 is 13.2 Å². The first-order chi connectivity index (χ1) is 10.5. The van der Waals surface area contributed by atoms with Crippen molar-refractivity contribution in [3.05, 3.63) is 59.7 Å². The van der Waals surface area contributed by atoms with E-state index in [2.05, 4.69) is 15.3 Å². The second-order valence-electron chi connectivity index (χ2n) is 4.48. The van der Waals surface area contributed by atoms with Crippen LogP contribution >= 0.6 is 11.3 Å². The molecule has 0 radical (unpaired) electrons. The minimum absolute atomic E-state index is 0.349. The van der Waals surface area contributed by atoms with Gasteiger partial charge in [-0.1, -0.05) is 6.07 Å². The van der Waals surface area contributed by atoms with E-state index in [1.165, 1.54) is 17.4 Å². The highest BCUT2D eigenvalue weighted by atomic mass is 32.1. The lowest BCUT2D eigenvalue weighted by Crippen LogP contribution is -2.05. The quantitative estimate of drug-likeness (QED) is 0.740. The number of halogens is 3. The van der Waals surface area contributed by atoms with E-state index < -0.39 is 11.7 Å². The van der Waals surface area contributed by atoms with Gasteiger partial charge in [0.2, 0.25) is 0 Å². The van der Waals surface area contributed by atoms with Crippen molar-refractivity contribution in [2.45, 2.75) is 6.18 Å². The molecule has 0 aliphatic rings. The largest absolute Gasteiger partial charge is 0.416 e. The summed E-state index contributed by atoms with van der Waals surface area (Å²) in [5.41, 5.74) is 1.24. The predicted molar refractivity (Wildman–Crippen MR) is 80.1 cm³/mol. The van der Waals surface area contributed by atoms with Crippen LogP contribution in [0.15, 0.2) is 54.2 Å². The highest BCUT2D eigenvalue weighted by molar-refractivity contribution is 7.14. The lowest BCUT2D eigenvalue weighted by molar-refractivity contribution is -0.137. The molecule has 0 aliphatic carbocycles. The molecule has 112 valence electrons. The van der Waals surface area contributed by atoms with Crippen molar-refractivity contribution in [1.82, 2.24) is 9.97 Å². The molecule has 3 nitrogen and oxygen atoms in total. The van der Waals surface area contributed by atoms with E-state index in [1.54, 1.807) is 24.5 Å². The van der Waals surface area contributed by atoms with E-state index in [-0.39, 0.29) is 0 Å². The van der Waals surface area contributed by atoms with E-state index >= 15 is 0 Å². The first-order valence-electron chi connectivity index (χ1n) is 6.32. The van der Waals surface area contributed by atoms with E-state index in [0.717, 1.165) is 23.4 Å². The Hall–Kier alpha value is -2.41. The van der Waals surface area contributed by atoms with Gasteiger partial charge in [-0.25, -0.2) is 4.98 Å². The molecule has 0 saturated carbocycles. The molecule has 0 bridgehead atoms. The van der Waals surface area contributed by atoms with Gasteiger partial charge in [-0.15, -0.1) is 11.3 Å². The molecule has 0 fully saturated rings. The summed E-state index contributed by atoms with van der Waals surface area (Å²) in [6.07, 6.45) is -1.01. The van der Waals surface area contributed by atoms with Gasteiger partial charge in [-0.05, 0) is 30.3 Å². The number of anilines is 2. The summed E-state index contributed by atoms with van der Waals surface area (Å²) in [5, 5.41) is 5.25. The van der Waals surface area contributed by atoms with Crippen LogP contribution < -0.4 is 5.32 Å². The van der Waals surface area contributed by atoms with Crippen LogP contribution in [0.25, 0.3) is 11.3 Å². The molecule has 0 unspecified atom stereocenters. The zero-order valence-corrected chi connectivity index (χ0v) is 11.9. The van der Waals surface area contributed by atoms with Crippen LogP contribution in [0.2, 0.25) is 0 Å². The zero-order chi connectivity index (χ0) is 15.6. The molecule has 1 aromatic carbocycles. The summed E-state index contributed by atoms with van der Waals surface area (Å²) in [4.78, 5) is 8.37. The van der Waals surface area contributed by atoms with Gasteiger partial charge in [0, 0.05) is 29.0 Å². The minimum Gasteiger partial charge on any atom is -0.332 e. The number of thiazole rings is 1. The SMILES string of the molecule is FC(F)(F)c1cccc(Nc2nc(-c3cccnc3)cs2)c1. The fourth-order valence-electron chi connectivity index (χ4n) is 1.87. The van der Waals surface area contributed by atoms with Gasteiger partial charge >= 0.3 is 6.18 Å². The summed E-state index contributed by atoms with van der Waals surface area (Å²) in [5.74, 6) is 0. The predicted octanol–water partition coefficient (Wildman–Crippen LogP) is 4.97. The molecule has 0 spiro atoms. The second-order valence-corrected chi connectivity index (χ2v) is 5.34. The molecule has 0 saturated heterocycles. The number of nitrogens with one attached hydrogen (secondary N) is 1. The topological polar surface area (TPSA) is 37.8 Å². The van der Waals surface area contributed by atoms with Gasteiger partial charge in [-0.2, -0.15) is 13.2 Å². The lowest BCUT2D eigenvalue weighted by Gasteiger charge is -2.08. The van der Waals surface area contributed by atoms with Gasteiger partial charge < -0.3 is 5.32 Å². The van der Waals surface area contributed by atoms with Crippen LogP contribution in [-0.4, -0.2) is 9.97 Å². The zero-order valence-electron chi connectivity index (χ0n) is 11.1. The van der Waals surface area contributed by atoms with Crippen molar-refractivity contribution in [3.63, 3.8) is 0 Å². The average molecular weight is 321 g/mol. The first-order valence-corrected chi connectivity index (χ1v) is 7.20. The molecule has 3 aromatic rings. The third-order valence-corrected chi connectivity index (χ3v) is 3.66. The summed E-state index contributed by atoms with van der Waals surface area (Å²) in [6, 6.07) is 8.70. The minimum atomic E-state index is -4.36. The Morgan fingerprint density at radius 3 is 2.68 bits per heavy atom. The third-order valence-electron chi connectivity index (χ3n) is 2.90. The highest BCUT2D eigenvalue weighted by Crippen LogP contribution is 2.32. The van der Waals surface area contributed by atoms with Gasteiger partial charge in [-0.3, -0.25) is 4.98 Å². The number of pyridine rings is 1. The molecule has 3 rings (SSSR count). The number of alkyl halides is 3. The number of hydrogen-bond donors (Lipinski definition) is 1. The van der Waals surface area contributed by atoms with Crippen LogP contribution in [0.5, 0.6) is 0 Å². The van der Waals surface area contributed by atoms with Crippen molar-refractivity contribution in [3.8, 4) is 11.3 Å². The first kappa shape index (κ1) is 14.5. The molecule has 2 heterocycles. The average Bonchev–Trinajstić information content (AvgIpc) is 2.96. The van der Waals surface area contributed by atoms with Gasteiger partial charge in [0.25, 0.3) is 0 Å². The maximum absolute atomic E-state index is 12.7. The smallest absolute Gasteiger partial charge is 0.332 e. The summed E-state index contributed by atoms with van der Waals surface area (Å²) in [7, 11) is 0. The maximum Gasteiger partial charge on any atom is 0.416 e. The van der Waals surface area contributed by atoms with Gasteiger partial charge in [0.1, 0.15) is 0 Å². The number of rotatable bonds is 3. The standard InChI is InChI=1S/C15H10F3N3S/c16-15(17,18)11-4-1-5-12(7-11)20-14-21-13(9-22-14)10-3-2-6-19-8-10/h1-9H,(H,20,21). The number of nitrogens with zero attached hydrogens (tertiary/aromatic N) is 2. The molecule has 0 amide bonds. The summed E-state index contributed by atoms with van der Waals surface area (Å²) < 4.78 is 38.1. The molecule has 1 N–H and O–H groups in total. The normalized spacial score (nSPS) is 11.4. The number of hydrogen-bond acceptors (Lipinski definition) is 4. The van der Waals surface area contributed by atoms with Crippen LogP contribution in [0.3, 0.4) is 0 Å². The molecule has 7 heteroatoms. The highest BCUT2D eigenvalue weighted by Gasteiger charge is 2.30. The van der Waals surface area contributed by atoms with E-state index in [4.69, 9.17) is 0 Å². The van der Waals surface area contributed by atoms with E-state index in [0.29, 0.717) is 10.8 Å². The van der Waals surface area contributed by atoms with Crippen molar-refractivity contribution in [2.24, 2.45) is 0 Å². The van der Waals surface area contributed by atoms with Crippen LogP contribution in [-0.2, 0) is 6.18 Å². The van der Waals surface area contributed by atoms with Gasteiger partial charge in [0.15, 0.2) is 5.13 Å². The van der Waals surface area contributed by atoms with Gasteiger partial charge in [0.05, 0.1) is 11.3 Å². The van der Waals surface area contributed by atoms with Crippen LogP contribution in [0.4, 0.5) is 24.0 Å². The third kappa shape index (κ3) is 3.25. The van der Waals surface area contributed by atoms with Crippen molar-refractivity contribution >= 4 is 22.2 Å². The van der Waals surface area contributed by atoms with Crippen LogP contribution in [0.1, 0.15) is 5.56 Å². The Labute approximate surface area is 128 Å². The van der Waals surface area contributed by atoms with Crippen molar-refractivity contribution in [2.75, 3.05) is 5.32 Å². The Morgan fingerprint density at radius 2 is 1.95 bits per heavy atom. The Bertz CT molecular complexity index is 769. The molecular weight excluding hydrogens is 311 g/mol. The maximum atomic E-state index is 12.7. The number of aromatic nitrogens is 2. The van der Waals surface area contributed by atoms with Crippen molar-refractivity contribution in [1.29, 1.82) is 0 Å². The number of benzene rings is 1. The Balaban J connectivity index is 1.81. The molecule has 22 heavy (non-hydrogen) atoms. The molecular formula is C15H10F3N3S. The molecule has 0 aliphatic heterocycles. The molecule has 0 atom stereocenters. The van der Waals surface area contributed by atoms with E-state index in [9.17, 15) is 13.2 Å². The fraction of sp³-hybridized carbons (Fsp3) is 0.0667. The summed E-state index contributed by atoms with van der Waals surface area (Å²) >= 11 is 1.32. The Kier molecular flexibility index (Phi) is 3.81. The summed E-state index contributed by atoms with van der Waals surface area (Å²) in [6.45, 7) is 0. The monoisotopic (exact) mass is 321 g/mol. The lowest BCUT2D eigenvalue weighted by atomic mass is 10.2. The Morgan fingerprint density at radius 1 is 1.09 bits per heavy atom. The molecule has 2 aromatic heterocycles. The fourth-order valence-corrected chi connectivity index (χ4v) is 2.61. The van der Waals surface area contributed by atoms with E-state index in [1.807, 2.05) is 11.4 Å².